The molecule has 2 N–H and O–H groups in total. The molecule has 2 saturated heterocycles. The maximum atomic E-state index is 11.7. The molecule has 0 bridgehead atoms. The summed E-state index contributed by atoms with van der Waals surface area (Å²) in [7, 11) is 0. The summed E-state index contributed by atoms with van der Waals surface area (Å²) in [5.41, 5.74) is 2.40. The number of hydrogen-bond donors (Lipinski definition) is 2. The van der Waals surface area contributed by atoms with E-state index in [4.69, 9.17) is 0 Å². The molecule has 108 valence electrons. The molecule has 1 aromatic carbocycles. The molecule has 0 aliphatic carbocycles. The Kier molecular flexibility index (Phi) is 4.35. The van der Waals surface area contributed by atoms with Gasteiger partial charge in [-0.25, -0.2) is 4.79 Å². The Labute approximate surface area is 124 Å². The molecule has 20 heavy (non-hydrogen) atoms. The highest BCUT2D eigenvalue weighted by Gasteiger charge is 2.21. The first-order chi connectivity index (χ1) is 9.83. The molecule has 0 atom stereocenters. The van der Waals surface area contributed by atoms with Gasteiger partial charge in [0.2, 0.25) is 0 Å². The van der Waals surface area contributed by atoms with Crippen molar-refractivity contribution >= 4 is 23.5 Å². The average Bonchev–Trinajstić information content (AvgIpc) is 2.88. The molecule has 0 spiro atoms. The SMILES string of the molecule is O=C1NCCN1Cc1ccccc1NC1CCSCC1. The molecule has 0 aromatic heterocycles. The molecule has 5 heteroatoms. The molecule has 0 radical (unpaired) electrons. The van der Waals surface area contributed by atoms with Gasteiger partial charge in [-0.3, -0.25) is 0 Å². The zero-order valence-electron chi connectivity index (χ0n) is 11.6. The van der Waals surface area contributed by atoms with Crippen molar-refractivity contribution in [1.82, 2.24) is 10.2 Å². The minimum Gasteiger partial charge on any atom is -0.382 e. The van der Waals surface area contributed by atoms with E-state index < -0.39 is 0 Å². The predicted octanol–water partition coefficient (Wildman–Crippen LogP) is 2.52. The van der Waals surface area contributed by atoms with Gasteiger partial charge in [0.25, 0.3) is 0 Å². The third-order valence-electron chi connectivity index (χ3n) is 3.90. The molecule has 2 aliphatic heterocycles. The Balaban J connectivity index is 1.68. The second-order valence-electron chi connectivity index (χ2n) is 5.34. The summed E-state index contributed by atoms with van der Waals surface area (Å²) >= 11 is 2.04. The van der Waals surface area contributed by atoms with Crippen LogP contribution in [0.1, 0.15) is 18.4 Å². The quantitative estimate of drug-likeness (QED) is 0.896. The van der Waals surface area contributed by atoms with E-state index in [1.54, 1.807) is 0 Å². The summed E-state index contributed by atoms with van der Waals surface area (Å²) in [4.78, 5) is 13.5. The van der Waals surface area contributed by atoms with Gasteiger partial charge in [-0.15, -0.1) is 0 Å². The smallest absolute Gasteiger partial charge is 0.317 e. The van der Waals surface area contributed by atoms with Crippen molar-refractivity contribution in [1.29, 1.82) is 0 Å². The number of rotatable bonds is 4. The molecule has 1 aromatic rings. The van der Waals surface area contributed by atoms with Crippen LogP contribution in [0, 0.1) is 0 Å². The van der Waals surface area contributed by atoms with Crippen molar-refractivity contribution in [3.63, 3.8) is 0 Å². The lowest BCUT2D eigenvalue weighted by atomic mass is 10.1. The van der Waals surface area contributed by atoms with Crippen molar-refractivity contribution in [2.45, 2.75) is 25.4 Å². The van der Waals surface area contributed by atoms with Gasteiger partial charge in [-0.2, -0.15) is 11.8 Å². The monoisotopic (exact) mass is 291 g/mol. The zero-order chi connectivity index (χ0) is 13.8. The Morgan fingerprint density at radius 3 is 2.85 bits per heavy atom. The van der Waals surface area contributed by atoms with Gasteiger partial charge in [-0.05, 0) is 36.0 Å². The van der Waals surface area contributed by atoms with Crippen LogP contribution in [0.15, 0.2) is 24.3 Å². The van der Waals surface area contributed by atoms with Crippen LogP contribution in [0.5, 0.6) is 0 Å². The van der Waals surface area contributed by atoms with Crippen LogP contribution >= 0.6 is 11.8 Å². The summed E-state index contributed by atoms with van der Waals surface area (Å²) in [6.07, 6.45) is 2.45. The van der Waals surface area contributed by atoms with Crippen LogP contribution in [0.25, 0.3) is 0 Å². The fourth-order valence-corrected chi connectivity index (χ4v) is 3.83. The summed E-state index contributed by atoms with van der Waals surface area (Å²) in [5.74, 6) is 2.49. The third-order valence-corrected chi connectivity index (χ3v) is 4.95. The highest BCUT2D eigenvalue weighted by molar-refractivity contribution is 7.99. The number of nitrogens with zero attached hydrogens (tertiary/aromatic N) is 1. The summed E-state index contributed by atoms with van der Waals surface area (Å²) in [6, 6.07) is 8.98. The highest BCUT2D eigenvalue weighted by Crippen LogP contribution is 2.24. The van der Waals surface area contributed by atoms with E-state index in [1.807, 2.05) is 22.7 Å². The molecule has 0 unspecified atom stereocenters. The molecule has 2 amide bonds. The first kappa shape index (κ1) is 13.6. The minimum absolute atomic E-state index is 0.0499. The van der Waals surface area contributed by atoms with Gasteiger partial charge >= 0.3 is 6.03 Å². The fraction of sp³-hybridized carbons (Fsp3) is 0.533. The van der Waals surface area contributed by atoms with E-state index in [-0.39, 0.29) is 6.03 Å². The number of benzene rings is 1. The number of amides is 2. The topological polar surface area (TPSA) is 44.4 Å². The highest BCUT2D eigenvalue weighted by atomic mass is 32.2. The Hall–Kier alpha value is -1.36. The lowest BCUT2D eigenvalue weighted by molar-refractivity contribution is 0.215. The lowest BCUT2D eigenvalue weighted by Crippen LogP contribution is -2.29. The van der Waals surface area contributed by atoms with Gasteiger partial charge in [0.05, 0.1) is 0 Å². The van der Waals surface area contributed by atoms with Crippen molar-refractivity contribution in [3.8, 4) is 0 Å². The first-order valence-corrected chi connectivity index (χ1v) is 8.43. The number of thioether (sulfide) groups is 1. The number of carbonyl (C=O) groups is 1. The Morgan fingerprint density at radius 2 is 2.10 bits per heavy atom. The van der Waals surface area contributed by atoms with E-state index in [0.717, 1.165) is 13.1 Å². The number of para-hydroxylation sites is 1. The maximum absolute atomic E-state index is 11.7. The maximum Gasteiger partial charge on any atom is 0.317 e. The molecule has 2 aliphatic rings. The van der Waals surface area contributed by atoms with Gasteiger partial charge < -0.3 is 15.5 Å². The molecule has 2 fully saturated rings. The van der Waals surface area contributed by atoms with Crippen LogP contribution in [0.2, 0.25) is 0 Å². The number of urea groups is 1. The minimum atomic E-state index is 0.0499. The molecule has 4 nitrogen and oxygen atoms in total. The van der Waals surface area contributed by atoms with E-state index >= 15 is 0 Å². The molecule has 2 heterocycles. The zero-order valence-corrected chi connectivity index (χ0v) is 12.4. The van der Waals surface area contributed by atoms with Crippen LogP contribution in [-0.4, -0.2) is 41.6 Å². The molecular weight excluding hydrogens is 270 g/mol. The van der Waals surface area contributed by atoms with Crippen LogP contribution < -0.4 is 10.6 Å². The second kappa shape index (κ2) is 6.39. The van der Waals surface area contributed by atoms with Crippen molar-refractivity contribution in [2.24, 2.45) is 0 Å². The third kappa shape index (κ3) is 3.20. The van der Waals surface area contributed by atoms with Gasteiger partial charge in [0, 0.05) is 31.4 Å². The average molecular weight is 291 g/mol. The fourth-order valence-electron chi connectivity index (χ4n) is 2.73. The number of hydrogen-bond acceptors (Lipinski definition) is 3. The van der Waals surface area contributed by atoms with Crippen LogP contribution in [-0.2, 0) is 6.54 Å². The lowest BCUT2D eigenvalue weighted by Gasteiger charge is -2.26. The summed E-state index contributed by atoms with van der Waals surface area (Å²) in [5, 5.41) is 6.52. The standard InChI is InChI=1S/C15H21N3OS/c19-15-16-7-8-18(15)11-12-3-1-2-4-14(12)17-13-5-9-20-10-6-13/h1-4,13,17H,5-11H2,(H,16,19). The van der Waals surface area contributed by atoms with Crippen molar-refractivity contribution < 1.29 is 4.79 Å². The van der Waals surface area contributed by atoms with E-state index in [0.29, 0.717) is 12.6 Å². The number of anilines is 1. The van der Waals surface area contributed by atoms with Gasteiger partial charge in [0.1, 0.15) is 0 Å². The largest absolute Gasteiger partial charge is 0.382 e. The molecule has 3 rings (SSSR count). The summed E-state index contributed by atoms with van der Waals surface area (Å²) < 4.78 is 0. The van der Waals surface area contributed by atoms with Crippen LogP contribution in [0.4, 0.5) is 10.5 Å². The van der Waals surface area contributed by atoms with E-state index in [1.165, 1.54) is 35.6 Å². The molecule has 0 saturated carbocycles. The second-order valence-corrected chi connectivity index (χ2v) is 6.57. The van der Waals surface area contributed by atoms with Gasteiger partial charge in [0.15, 0.2) is 0 Å². The van der Waals surface area contributed by atoms with E-state index in [9.17, 15) is 4.79 Å². The number of carbonyl (C=O) groups excluding carboxylic acids is 1. The summed E-state index contributed by atoms with van der Waals surface area (Å²) in [6.45, 7) is 2.25. The van der Waals surface area contributed by atoms with E-state index in [2.05, 4.69) is 28.8 Å². The first-order valence-electron chi connectivity index (χ1n) is 7.28. The van der Waals surface area contributed by atoms with Gasteiger partial charge in [-0.1, -0.05) is 18.2 Å². The Morgan fingerprint density at radius 1 is 1.30 bits per heavy atom. The molecular formula is C15H21N3OS. The normalized spacial score (nSPS) is 20.0. The van der Waals surface area contributed by atoms with Crippen molar-refractivity contribution in [2.75, 3.05) is 29.9 Å². The number of nitrogens with one attached hydrogen (secondary N) is 2. The predicted molar refractivity (Wildman–Crippen MR) is 84.2 cm³/mol. The Bertz CT molecular complexity index is 474. The van der Waals surface area contributed by atoms with Crippen molar-refractivity contribution in [3.05, 3.63) is 29.8 Å². The van der Waals surface area contributed by atoms with Crippen LogP contribution in [0.3, 0.4) is 0 Å².